The Kier molecular flexibility index (Phi) is 6.40. The molecule has 3 N–H and O–H groups in total. The third kappa shape index (κ3) is 4.46. The predicted octanol–water partition coefficient (Wildman–Crippen LogP) is 4.91. The highest BCUT2D eigenvalue weighted by atomic mass is 19.4. The van der Waals surface area contributed by atoms with Gasteiger partial charge in [0.25, 0.3) is 5.91 Å². The van der Waals surface area contributed by atoms with Crippen LogP contribution in [0.1, 0.15) is 41.5 Å². The van der Waals surface area contributed by atoms with Gasteiger partial charge in [0.15, 0.2) is 34.5 Å². The number of carbonyl (C=O) groups is 1. The molecule has 1 aromatic carbocycles. The molecule has 4 heterocycles. The Hall–Kier alpha value is -5.01. The van der Waals surface area contributed by atoms with Crippen molar-refractivity contribution in [1.29, 1.82) is 0 Å². The van der Waals surface area contributed by atoms with Gasteiger partial charge in [0.05, 0.1) is 5.56 Å². The molecule has 0 unspecified atom stereocenters. The Morgan fingerprint density at radius 2 is 1.85 bits per heavy atom. The Bertz CT molecular complexity index is 1840. The minimum atomic E-state index is -5.04. The van der Waals surface area contributed by atoms with Crippen molar-refractivity contribution < 1.29 is 27.1 Å². The lowest BCUT2D eigenvalue weighted by Gasteiger charge is -2.12. The van der Waals surface area contributed by atoms with Crippen LogP contribution in [0, 0.1) is 12.7 Å². The number of nitrogens with two attached hydrogens (primary N) is 1. The number of pyridine rings is 2. The average molecular weight is 555 g/mol. The number of aromatic nitrogens is 6. The van der Waals surface area contributed by atoms with Crippen molar-refractivity contribution in [2.45, 2.75) is 33.0 Å². The van der Waals surface area contributed by atoms with E-state index in [0.29, 0.717) is 15.8 Å². The van der Waals surface area contributed by atoms with Crippen molar-refractivity contribution in [3.8, 4) is 28.6 Å². The van der Waals surface area contributed by atoms with Crippen LogP contribution < -0.4 is 16.2 Å². The molecule has 0 saturated carbocycles. The maximum atomic E-state index is 15.3. The van der Waals surface area contributed by atoms with Gasteiger partial charge >= 0.3 is 11.9 Å². The lowest BCUT2D eigenvalue weighted by molar-refractivity contribution is -0.143. The zero-order chi connectivity index (χ0) is 28.9. The van der Waals surface area contributed by atoms with Crippen LogP contribution in [0.25, 0.3) is 28.2 Å². The maximum Gasteiger partial charge on any atom is 0.434 e. The monoisotopic (exact) mass is 555 g/mol. The molecule has 1 amide bonds. The van der Waals surface area contributed by atoms with E-state index in [-0.39, 0.29) is 34.6 Å². The van der Waals surface area contributed by atoms with Crippen LogP contribution >= 0.6 is 0 Å². The number of hydrogen-bond acceptors (Lipinski definition) is 6. The van der Waals surface area contributed by atoms with Crippen molar-refractivity contribution in [1.82, 2.24) is 29.3 Å². The van der Waals surface area contributed by atoms with Gasteiger partial charge < -0.3 is 10.5 Å². The molecular weight excluding hydrogens is 534 g/mol. The molecule has 0 spiro atoms. The largest absolute Gasteiger partial charge is 0.452 e. The molecule has 0 bridgehead atoms. The van der Waals surface area contributed by atoms with E-state index in [9.17, 15) is 22.8 Å². The molecule has 5 aromatic rings. The summed E-state index contributed by atoms with van der Waals surface area (Å²) >= 11 is 0. The molecule has 5 rings (SSSR count). The first kappa shape index (κ1) is 26.6. The second-order valence-corrected chi connectivity index (χ2v) is 9.14. The summed E-state index contributed by atoms with van der Waals surface area (Å²) in [6.07, 6.45) is -2.40. The van der Waals surface area contributed by atoms with Gasteiger partial charge in [-0.05, 0) is 50.6 Å². The summed E-state index contributed by atoms with van der Waals surface area (Å²) in [5.41, 5.74) is 2.82. The van der Waals surface area contributed by atoms with Crippen molar-refractivity contribution in [2.75, 3.05) is 0 Å². The average Bonchev–Trinajstić information content (AvgIpc) is 3.44. The molecule has 0 saturated heterocycles. The van der Waals surface area contributed by atoms with E-state index < -0.39 is 40.5 Å². The number of rotatable bonds is 6. The van der Waals surface area contributed by atoms with Crippen LogP contribution in [0.4, 0.5) is 17.6 Å². The summed E-state index contributed by atoms with van der Waals surface area (Å²) in [7, 11) is 0. The number of fused-ring (bicyclic) bond motifs is 1. The van der Waals surface area contributed by atoms with Gasteiger partial charge in [-0.15, -0.1) is 0 Å². The molecule has 10 nitrogen and oxygen atoms in total. The second-order valence-electron chi connectivity index (χ2n) is 9.14. The van der Waals surface area contributed by atoms with Gasteiger partial charge in [-0.1, -0.05) is 6.07 Å². The number of hydrogen-bond donors (Lipinski definition) is 2. The number of halogens is 4. The summed E-state index contributed by atoms with van der Waals surface area (Å²) in [6, 6.07) is 7.53. The third-order valence-electron chi connectivity index (χ3n) is 6.10. The second kappa shape index (κ2) is 9.63. The molecule has 4 aromatic heterocycles. The van der Waals surface area contributed by atoms with Crippen LogP contribution in [0.2, 0.25) is 0 Å². The quantitative estimate of drug-likeness (QED) is 0.286. The van der Waals surface area contributed by atoms with Crippen LogP contribution in [0.15, 0.2) is 53.6 Å². The first-order valence-corrected chi connectivity index (χ1v) is 11.9. The Balaban J connectivity index is 1.64. The highest BCUT2D eigenvalue weighted by molar-refractivity contribution is 6.00. The van der Waals surface area contributed by atoms with E-state index in [2.05, 4.69) is 20.1 Å². The van der Waals surface area contributed by atoms with Crippen molar-refractivity contribution in [3.63, 3.8) is 0 Å². The van der Waals surface area contributed by atoms with Gasteiger partial charge in [-0.25, -0.2) is 23.8 Å². The van der Waals surface area contributed by atoms with E-state index >= 15 is 4.39 Å². The van der Waals surface area contributed by atoms with E-state index in [4.69, 9.17) is 10.5 Å². The highest BCUT2D eigenvalue weighted by Gasteiger charge is 2.43. The van der Waals surface area contributed by atoms with Gasteiger partial charge in [0.1, 0.15) is 11.2 Å². The fraction of sp³-hybridized carbons (Fsp3) is 0.192. The zero-order valence-electron chi connectivity index (χ0n) is 21.2. The number of amides is 1. The molecule has 0 aliphatic rings. The van der Waals surface area contributed by atoms with E-state index in [1.165, 1.54) is 54.2 Å². The van der Waals surface area contributed by atoms with Crippen molar-refractivity contribution in [3.05, 3.63) is 81.9 Å². The fourth-order valence-electron chi connectivity index (χ4n) is 4.42. The van der Waals surface area contributed by atoms with E-state index in [0.717, 1.165) is 6.07 Å². The standard InChI is InChI=1S/C26H21F4N7O3/c1-12(2)36-20-17(8-10-32-23(20)34-25(36)39)40-16-7-6-14(11-15(16)27)19-18(22(31)38)21(26(28,29)30)37(35-19)24-13(3)5-4-9-33-24/h4-12H,1-3H3,(H2,31,38)(H,32,34,39). The lowest BCUT2D eigenvalue weighted by atomic mass is 10.0. The Labute approximate surface area is 223 Å². The van der Waals surface area contributed by atoms with Crippen LogP contribution in [0.5, 0.6) is 11.5 Å². The number of primary amides is 1. The van der Waals surface area contributed by atoms with Crippen LogP contribution in [-0.4, -0.2) is 35.2 Å². The molecule has 0 atom stereocenters. The number of carbonyl (C=O) groups excluding carboxylic acids is 1. The zero-order valence-corrected chi connectivity index (χ0v) is 21.2. The fourth-order valence-corrected chi connectivity index (χ4v) is 4.42. The SMILES string of the molecule is Cc1cccnc1-n1nc(-c2ccc(Oc3ccnc4[nH]c(=O)n(C(C)C)c34)c(F)c2)c(C(N)=O)c1C(F)(F)F. The van der Waals surface area contributed by atoms with Gasteiger partial charge in [0, 0.05) is 30.1 Å². The molecule has 0 aliphatic carbocycles. The number of aryl methyl sites for hydroxylation is 1. The number of benzene rings is 1. The summed E-state index contributed by atoms with van der Waals surface area (Å²) in [6.45, 7) is 5.08. The first-order chi connectivity index (χ1) is 18.9. The predicted molar refractivity (Wildman–Crippen MR) is 136 cm³/mol. The van der Waals surface area contributed by atoms with E-state index in [1.807, 2.05) is 0 Å². The normalized spacial score (nSPS) is 11.9. The number of alkyl halides is 3. The Morgan fingerprint density at radius 3 is 2.48 bits per heavy atom. The van der Waals surface area contributed by atoms with Crippen LogP contribution in [0.3, 0.4) is 0 Å². The lowest BCUT2D eigenvalue weighted by Crippen LogP contribution is -2.21. The number of aromatic amines is 1. The summed E-state index contributed by atoms with van der Waals surface area (Å²) in [5, 5.41) is 4.00. The molecular formula is C26H21F4N7O3. The third-order valence-corrected chi connectivity index (χ3v) is 6.10. The van der Waals surface area contributed by atoms with Gasteiger partial charge in [0.2, 0.25) is 0 Å². The number of imidazole rings is 1. The smallest absolute Gasteiger partial charge is 0.434 e. The number of nitrogens with zero attached hydrogens (tertiary/aromatic N) is 5. The number of H-pyrrole nitrogens is 1. The first-order valence-electron chi connectivity index (χ1n) is 11.9. The molecule has 14 heteroatoms. The Morgan fingerprint density at radius 1 is 1.10 bits per heavy atom. The number of nitrogens with one attached hydrogen (secondary N) is 1. The minimum Gasteiger partial charge on any atom is -0.452 e. The summed E-state index contributed by atoms with van der Waals surface area (Å²) in [4.78, 5) is 35.4. The van der Waals surface area contributed by atoms with Crippen molar-refractivity contribution >= 4 is 17.1 Å². The molecule has 0 radical (unpaired) electrons. The van der Waals surface area contributed by atoms with Gasteiger partial charge in [-0.2, -0.15) is 18.3 Å². The van der Waals surface area contributed by atoms with Crippen LogP contribution in [-0.2, 0) is 6.18 Å². The van der Waals surface area contributed by atoms with Gasteiger partial charge in [-0.3, -0.25) is 14.3 Å². The van der Waals surface area contributed by atoms with Crippen molar-refractivity contribution in [2.24, 2.45) is 5.73 Å². The maximum absolute atomic E-state index is 15.3. The number of ether oxygens (including phenoxy) is 1. The molecule has 40 heavy (non-hydrogen) atoms. The minimum absolute atomic E-state index is 0.121. The topological polar surface area (TPSA) is 134 Å². The summed E-state index contributed by atoms with van der Waals surface area (Å²) in [5.74, 6) is -2.72. The van der Waals surface area contributed by atoms with E-state index in [1.54, 1.807) is 13.8 Å². The molecule has 206 valence electrons. The molecule has 0 fully saturated rings. The summed E-state index contributed by atoms with van der Waals surface area (Å²) < 4.78 is 65.6. The molecule has 0 aliphatic heterocycles. The highest BCUT2D eigenvalue weighted by Crippen LogP contribution is 2.39.